The molecule has 1 aromatic heterocycles. The number of halogens is 1. The van der Waals surface area contributed by atoms with Gasteiger partial charge in [0.1, 0.15) is 5.82 Å². The molecular weight excluding hydrogens is 153 g/mol. The second kappa shape index (κ2) is 2.55. The van der Waals surface area contributed by atoms with E-state index in [0.717, 1.165) is 0 Å². The van der Waals surface area contributed by atoms with Gasteiger partial charge in [-0.15, -0.1) is 0 Å². The first kappa shape index (κ1) is 7.22. The van der Waals surface area contributed by atoms with Gasteiger partial charge in [-0.1, -0.05) is 6.07 Å². The summed E-state index contributed by atoms with van der Waals surface area (Å²) >= 11 is 0. The normalized spacial score (nSPS) is 10.5. The van der Waals surface area contributed by atoms with Crippen molar-refractivity contribution in [3.63, 3.8) is 0 Å². The molecule has 0 spiro atoms. The van der Waals surface area contributed by atoms with Gasteiger partial charge in [0.15, 0.2) is 0 Å². The summed E-state index contributed by atoms with van der Waals surface area (Å²) in [4.78, 5) is 4.04. The van der Waals surface area contributed by atoms with Gasteiger partial charge in [-0.3, -0.25) is 4.98 Å². The third-order valence-corrected chi connectivity index (χ3v) is 1.91. The molecule has 0 N–H and O–H groups in total. The summed E-state index contributed by atoms with van der Waals surface area (Å²) < 4.78 is 13.4. The zero-order valence-corrected chi connectivity index (χ0v) is 6.71. The molecule has 12 heavy (non-hydrogen) atoms. The Morgan fingerprint density at radius 2 is 2.08 bits per heavy atom. The van der Waals surface area contributed by atoms with E-state index < -0.39 is 0 Å². The van der Waals surface area contributed by atoms with Crippen molar-refractivity contribution in [2.24, 2.45) is 0 Å². The quantitative estimate of drug-likeness (QED) is 0.578. The van der Waals surface area contributed by atoms with Gasteiger partial charge in [0, 0.05) is 11.6 Å². The predicted octanol–water partition coefficient (Wildman–Crippen LogP) is 2.68. The van der Waals surface area contributed by atoms with Crippen LogP contribution in [0.4, 0.5) is 4.39 Å². The minimum absolute atomic E-state index is 0.166. The fourth-order valence-corrected chi connectivity index (χ4v) is 1.23. The molecule has 1 nitrogen and oxygen atoms in total. The summed E-state index contributed by atoms with van der Waals surface area (Å²) in [7, 11) is 0. The molecule has 0 unspecified atom stereocenters. The third-order valence-electron chi connectivity index (χ3n) is 1.91. The number of aromatic nitrogens is 1. The van der Waals surface area contributed by atoms with Gasteiger partial charge < -0.3 is 0 Å². The first-order valence-corrected chi connectivity index (χ1v) is 3.79. The van der Waals surface area contributed by atoms with Crippen LogP contribution in [0.2, 0.25) is 0 Å². The summed E-state index contributed by atoms with van der Waals surface area (Å²) in [6.45, 7) is 1.75. The van der Waals surface area contributed by atoms with Gasteiger partial charge in [-0.2, -0.15) is 0 Å². The molecule has 60 valence electrons. The van der Waals surface area contributed by atoms with Crippen molar-refractivity contribution >= 4 is 10.9 Å². The number of fused-ring (bicyclic) bond motifs is 1. The van der Waals surface area contributed by atoms with Crippen LogP contribution in [0.5, 0.6) is 0 Å². The second-order valence-electron chi connectivity index (χ2n) is 2.77. The fraction of sp³-hybridized carbons (Fsp3) is 0.100. The first-order chi connectivity index (χ1) is 5.79. The van der Waals surface area contributed by atoms with Gasteiger partial charge in [-0.05, 0) is 30.7 Å². The zero-order chi connectivity index (χ0) is 8.55. The highest BCUT2D eigenvalue weighted by Crippen LogP contribution is 2.17. The smallest absolute Gasteiger partial charge is 0.135 e. The van der Waals surface area contributed by atoms with Crippen molar-refractivity contribution in [1.82, 2.24) is 4.98 Å². The maximum Gasteiger partial charge on any atom is 0.135 e. The molecule has 0 radical (unpaired) electrons. The average Bonchev–Trinajstić information content (AvgIpc) is 2.12. The van der Waals surface area contributed by atoms with Crippen LogP contribution in [-0.2, 0) is 0 Å². The lowest BCUT2D eigenvalue weighted by Crippen LogP contribution is -1.85. The number of pyridine rings is 1. The van der Waals surface area contributed by atoms with Gasteiger partial charge in [-0.25, -0.2) is 4.39 Å². The molecule has 0 aliphatic heterocycles. The van der Waals surface area contributed by atoms with Crippen LogP contribution in [0.1, 0.15) is 5.56 Å². The van der Waals surface area contributed by atoms with Crippen molar-refractivity contribution in [3.05, 3.63) is 41.8 Å². The molecular formula is C10H8FN. The molecule has 0 saturated heterocycles. The van der Waals surface area contributed by atoms with E-state index >= 15 is 0 Å². The minimum atomic E-state index is -0.166. The topological polar surface area (TPSA) is 12.9 Å². The molecule has 1 aromatic carbocycles. The van der Waals surface area contributed by atoms with E-state index in [9.17, 15) is 4.39 Å². The number of rotatable bonds is 0. The summed E-state index contributed by atoms with van der Waals surface area (Å²) in [5.41, 5.74) is 1.37. The Morgan fingerprint density at radius 1 is 1.25 bits per heavy atom. The Kier molecular flexibility index (Phi) is 1.54. The molecule has 0 fully saturated rings. The second-order valence-corrected chi connectivity index (χ2v) is 2.77. The number of aryl methyl sites for hydroxylation is 1. The zero-order valence-electron chi connectivity index (χ0n) is 6.71. The SMILES string of the molecule is Cc1ccc2ncccc2c1F. The molecule has 2 rings (SSSR count). The Morgan fingerprint density at radius 3 is 2.92 bits per heavy atom. The van der Waals surface area contributed by atoms with E-state index in [2.05, 4.69) is 4.98 Å². The van der Waals surface area contributed by atoms with Crippen molar-refractivity contribution < 1.29 is 4.39 Å². The van der Waals surface area contributed by atoms with Crippen LogP contribution in [-0.4, -0.2) is 4.98 Å². The van der Waals surface area contributed by atoms with Crippen molar-refractivity contribution in [2.45, 2.75) is 6.92 Å². The largest absolute Gasteiger partial charge is 0.256 e. The number of nitrogens with zero attached hydrogens (tertiary/aromatic N) is 1. The van der Waals surface area contributed by atoms with Gasteiger partial charge in [0.2, 0.25) is 0 Å². The highest BCUT2D eigenvalue weighted by Gasteiger charge is 2.02. The average molecular weight is 161 g/mol. The van der Waals surface area contributed by atoms with Crippen molar-refractivity contribution in [1.29, 1.82) is 0 Å². The lowest BCUT2D eigenvalue weighted by Gasteiger charge is -1.99. The lowest BCUT2D eigenvalue weighted by molar-refractivity contribution is 0.630. The van der Waals surface area contributed by atoms with Crippen LogP contribution < -0.4 is 0 Å². The molecule has 0 amide bonds. The standard InChI is InChI=1S/C10H8FN/c1-7-4-5-9-8(10(7)11)3-2-6-12-9/h2-6H,1H3. The number of hydrogen-bond donors (Lipinski definition) is 0. The first-order valence-electron chi connectivity index (χ1n) is 3.79. The number of benzene rings is 1. The van der Waals surface area contributed by atoms with E-state index in [0.29, 0.717) is 16.5 Å². The van der Waals surface area contributed by atoms with Crippen LogP contribution in [0.15, 0.2) is 30.5 Å². The van der Waals surface area contributed by atoms with Crippen LogP contribution in [0.3, 0.4) is 0 Å². The Hall–Kier alpha value is -1.44. The Bertz CT molecular complexity index is 423. The van der Waals surface area contributed by atoms with Gasteiger partial charge in [0.25, 0.3) is 0 Å². The summed E-state index contributed by atoms with van der Waals surface area (Å²) in [5.74, 6) is -0.166. The van der Waals surface area contributed by atoms with E-state index in [1.54, 1.807) is 31.3 Å². The van der Waals surface area contributed by atoms with E-state index in [-0.39, 0.29) is 5.82 Å². The Labute approximate surface area is 69.9 Å². The summed E-state index contributed by atoms with van der Waals surface area (Å²) in [6, 6.07) is 7.05. The molecule has 2 heteroatoms. The van der Waals surface area contributed by atoms with E-state index in [1.807, 2.05) is 6.07 Å². The van der Waals surface area contributed by atoms with Gasteiger partial charge in [0.05, 0.1) is 5.52 Å². The minimum Gasteiger partial charge on any atom is -0.256 e. The predicted molar refractivity (Wildman–Crippen MR) is 46.4 cm³/mol. The lowest BCUT2D eigenvalue weighted by atomic mass is 10.1. The fourth-order valence-electron chi connectivity index (χ4n) is 1.23. The summed E-state index contributed by atoms with van der Waals surface area (Å²) in [5, 5.41) is 0.595. The van der Waals surface area contributed by atoms with Crippen molar-refractivity contribution in [2.75, 3.05) is 0 Å². The highest BCUT2D eigenvalue weighted by atomic mass is 19.1. The van der Waals surface area contributed by atoms with Crippen LogP contribution in [0.25, 0.3) is 10.9 Å². The van der Waals surface area contributed by atoms with Crippen LogP contribution in [0, 0.1) is 12.7 Å². The van der Waals surface area contributed by atoms with E-state index in [4.69, 9.17) is 0 Å². The monoisotopic (exact) mass is 161 g/mol. The molecule has 0 atom stereocenters. The molecule has 2 aromatic rings. The van der Waals surface area contributed by atoms with Crippen LogP contribution >= 0.6 is 0 Å². The molecule has 0 aliphatic carbocycles. The maximum atomic E-state index is 13.4. The van der Waals surface area contributed by atoms with Crippen molar-refractivity contribution in [3.8, 4) is 0 Å². The molecule has 0 saturated carbocycles. The third kappa shape index (κ3) is 0.961. The Balaban J connectivity index is 2.91. The van der Waals surface area contributed by atoms with Gasteiger partial charge >= 0.3 is 0 Å². The van der Waals surface area contributed by atoms with E-state index in [1.165, 1.54) is 0 Å². The molecule has 0 bridgehead atoms. The number of hydrogen-bond acceptors (Lipinski definition) is 1. The highest BCUT2D eigenvalue weighted by molar-refractivity contribution is 5.79. The summed E-state index contributed by atoms with van der Waals surface area (Å²) in [6.07, 6.45) is 1.66. The maximum absolute atomic E-state index is 13.4. The molecule has 1 heterocycles. The molecule has 0 aliphatic rings.